The van der Waals surface area contributed by atoms with Crippen LogP contribution in [0.1, 0.15) is 55.4 Å². The van der Waals surface area contributed by atoms with Gasteiger partial charge in [-0.2, -0.15) is 0 Å². The molecule has 11 heteroatoms. The lowest BCUT2D eigenvalue weighted by Gasteiger charge is -2.28. The largest absolute Gasteiger partial charge is 0.458 e. The lowest BCUT2D eigenvalue weighted by atomic mass is 10.0. The van der Waals surface area contributed by atoms with Crippen molar-refractivity contribution in [3.8, 4) is 0 Å². The molecule has 0 fully saturated rings. The van der Waals surface area contributed by atoms with Gasteiger partial charge in [0.1, 0.15) is 23.3 Å². The predicted octanol–water partition coefficient (Wildman–Crippen LogP) is 0.520. The summed E-state index contributed by atoms with van der Waals surface area (Å²) in [6.07, 6.45) is 0.851. The number of hydrogen-bond acceptors (Lipinski definition) is 7. The monoisotopic (exact) mass is 456 g/mol. The van der Waals surface area contributed by atoms with Crippen LogP contribution in [0.4, 0.5) is 4.79 Å². The molecule has 0 aliphatic heterocycles. The molecule has 0 bridgehead atoms. The van der Waals surface area contributed by atoms with Gasteiger partial charge in [-0.3, -0.25) is 14.4 Å². The highest BCUT2D eigenvalue weighted by Crippen LogP contribution is 2.13. The van der Waals surface area contributed by atoms with Crippen LogP contribution in [0.5, 0.6) is 0 Å². The second-order valence-electron chi connectivity index (χ2n) is 9.44. The molecule has 0 radical (unpaired) electrons. The summed E-state index contributed by atoms with van der Waals surface area (Å²) in [5.74, 6) is -3.22. The maximum absolute atomic E-state index is 12.9. The molecule has 4 amide bonds. The van der Waals surface area contributed by atoms with Gasteiger partial charge < -0.3 is 31.2 Å². The van der Waals surface area contributed by atoms with Crippen molar-refractivity contribution in [2.45, 2.75) is 78.7 Å². The minimum Gasteiger partial charge on any atom is -0.458 e. The summed E-state index contributed by atoms with van der Waals surface area (Å²) in [7, 11) is 0. The molecule has 0 aromatic carbocycles. The van der Waals surface area contributed by atoms with Gasteiger partial charge in [0.05, 0.1) is 0 Å². The Hall–Kier alpha value is -3.11. The third kappa shape index (κ3) is 13.2. The molecule has 2 atom stereocenters. The van der Waals surface area contributed by atoms with Gasteiger partial charge in [0.15, 0.2) is 0 Å². The molecule has 0 rings (SSSR count). The fourth-order valence-corrected chi connectivity index (χ4v) is 2.20. The molecule has 0 saturated carbocycles. The first-order chi connectivity index (χ1) is 14.4. The molecule has 0 heterocycles. The molecule has 0 aliphatic carbocycles. The van der Waals surface area contributed by atoms with Crippen molar-refractivity contribution in [3.05, 3.63) is 12.2 Å². The summed E-state index contributed by atoms with van der Waals surface area (Å²) in [4.78, 5) is 60.1. The molecule has 0 aliphatic rings. The molecule has 0 aromatic rings. The van der Waals surface area contributed by atoms with Crippen molar-refractivity contribution in [1.29, 1.82) is 0 Å². The number of primary amides is 1. The number of alkyl carbamates (subject to hydrolysis) is 1. The van der Waals surface area contributed by atoms with Gasteiger partial charge >= 0.3 is 12.1 Å². The van der Waals surface area contributed by atoms with Gasteiger partial charge in [-0.25, -0.2) is 9.59 Å². The SMILES string of the molecule is CC(C)[C@H](NC(=O)[C@H](CNC(=O)/C=C/C(N)=O)NC(=O)OC(C)(C)C)C(=O)OC(C)(C)C. The summed E-state index contributed by atoms with van der Waals surface area (Å²) in [6.45, 7) is 13.2. The van der Waals surface area contributed by atoms with Crippen LogP contribution >= 0.6 is 0 Å². The number of amides is 4. The van der Waals surface area contributed by atoms with Gasteiger partial charge in [-0.05, 0) is 47.5 Å². The maximum atomic E-state index is 12.9. The number of carbonyl (C=O) groups excluding carboxylic acids is 5. The van der Waals surface area contributed by atoms with Crippen LogP contribution in [0.3, 0.4) is 0 Å². The van der Waals surface area contributed by atoms with Crippen molar-refractivity contribution in [3.63, 3.8) is 0 Å². The molecule has 11 nitrogen and oxygen atoms in total. The maximum Gasteiger partial charge on any atom is 0.408 e. The summed E-state index contributed by atoms with van der Waals surface area (Å²) < 4.78 is 10.5. The Bertz CT molecular complexity index is 733. The van der Waals surface area contributed by atoms with Gasteiger partial charge in [0, 0.05) is 18.7 Å². The fraction of sp³-hybridized carbons (Fsp3) is 0.667. The standard InChI is InChI=1S/C21H36N4O7/c1-12(2)16(18(29)31-20(3,4)5)25-17(28)13(24-19(30)32-21(6,7)8)11-23-15(27)10-9-14(22)26/h9-10,12-13,16H,11H2,1-8H3,(H2,22,26)(H,23,27)(H,24,30)(H,25,28)/b10-9+/t13-,16-/m0/s1. The van der Waals surface area contributed by atoms with Crippen LogP contribution in [0.25, 0.3) is 0 Å². The van der Waals surface area contributed by atoms with E-state index in [0.717, 1.165) is 12.2 Å². The highest BCUT2D eigenvalue weighted by Gasteiger charge is 2.32. The zero-order valence-electron chi connectivity index (χ0n) is 20.0. The highest BCUT2D eigenvalue weighted by atomic mass is 16.6. The third-order valence-electron chi connectivity index (χ3n) is 3.51. The third-order valence-corrected chi connectivity index (χ3v) is 3.51. The minimum atomic E-state index is -1.28. The van der Waals surface area contributed by atoms with Crippen LogP contribution in [0.15, 0.2) is 12.2 Å². The molecule has 0 unspecified atom stereocenters. The van der Waals surface area contributed by atoms with Crippen LogP contribution in [-0.4, -0.2) is 59.6 Å². The first kappa shape index (κ1) is 28.9. The molecule has 182 valence electrons. The van der Waals surface area contributed by atoms with Crippen molar-refractivity contribution in [1.82, 2.24) is 16.0 Å². The summed E-state index contributed by atoms with van der Waals surface area (Å²) in [5.41, 5.74) is 3.35. The number of hydrogen-bond donors (Lipinski definition) is 4. The molecular weight excluding hydrogens is 420 g/mol. The molecule has 0 aromatic heterocycles. The predicted molar refractivity (Wildman–Crippen MR) is 117 cm³/mol. The van der Waals surface area contributed by atoms with E-state index in [1.54, 1.807) is 55.4 Å². The van der Waals surface area contributed by atoms with E-state index in [1.165, 1.54) is 0 Å². The van der Waals surface area contributed by atoms with Gasteiger partial charge in [-0.1, -0.05) is 13.8 Å². The van der Waals surface area contributed by atoms with E-state index in [0.29, 0.717) is 0 Å². The van der Waals surface area contributed by atoms with Crippen molar-refractivity contribution in [2.75, 3.05) is 6.54 Å². The minimum absolute atomic E-state index is 0.316. The van der Waals surface area contributed by atoms with Crippen LogP contribution in [0.2, 0.25) is 0 Å². The Balaban J connectivity index is 5.48. The van der Waals surface area contributed by atoms with Gasteiger partial charge in [0.25, 0.3) is 0 Å². The van der Waals surface area contributed by atoms with Crippen LogP contribution < -0.4 is 21.7 Å². The number of nitrogens with two attached hydrogens (primary N) is 1. The van der Waals surface area contributed by atoms with Crippen molar-refractivity contribution in [2.24, 2.45) is 11.7 Å². The van der Waals surface area contributed by atoms with Crippen LogP contribution in [-0.2, 0) is 28.7 Å². The summed E-state index contributed by atoms with van der Waals surface area (Å²) in [5, 5.41) is 7.30. The van der Waals surface area contributed by atoms with E-state index >= 15 is 0 Å². The lowest BCUT2D eigenvalue weighted by Crippen LogP contribution is -2.57. The van der Waals surface area contributed by atoms with E-state index in [1.807, 2.05) is 0 Å². The number of nitrogens with one attached hydrogen (secondary N) is 3. The average Bonchev–Trinajstić information content (AvgIpc) is 2.57. The molecule has 32 heavy (non-hydrogen) atoms. The van der Waals surface area contributed by atoms with Gasteiger partial charge in [-0.15, -0.1) is 0 Å². The van der Waals surface area contributed by atoms with Gasteiger partial charge in [0.2, 0.25) is 17.7 Å². The second-order valence-corrected chi connectivity index (χ2v) is 9.44. The number of esters is 1. The van der Waals surface area contributed by atoms with E-state index in [2.05, 4.69) is 16.0 Å². The number of rotatable bonds is 9. The molecular formula is C21H36N4O7. The Labute approximate surface area is 188 Å². The quantitative estimate of drug-likeness (QED) is 0.290. The van der Waals surface area contributed by atoms with Crippen molar-refractivity contribution < 1.29 is 33.4 Å². The van der Waals surface area contributed by atoms with Crippen molar-refractivity contribution >= 4 is 29.8 Å². The zero-order valence-corrected chi connectivity index (χ0v) is 20.0. The van der Waals surface area contributed by atoms with E-state index in [9.17, 15) is 24.0 Å². The zero-order chi connectivity index (χ0) is 25.3. The smallest absolute Gasteiger partial charge is 0.408 e. The summed E-state index contributed by atoms with van der Waals surface area (Å²) >= 11 is 0. The van der Waals surface area contributed by atoms with E-state index in [-0.39, 0.29) is 12.5 Å². The Morgan fingerprint density at radius 3 is 1.84 bits per heavy atom. The first-order valence-electron chi connectivity index (χ1n) is 10.2. The fourth-order valence-electron chi connectivity index (χ4n) is 2.20. The Kier molecular flexibility index (Phi) is 10.9. The lowest BCUT2D eigenvalue weighted by molar-refractivity contribution is -0.160. The molecule has 5 N–H and O–H groups in total. The normalized spacial score (nSPS) is 13.8. The summed E-state index contributed by atoms with van der Waals surface area (Å²) in [6, 6.07) is -2.27. The Morgan fingerprint density at radius 2 is 1.41 bits per heavy atom. The topological polar surface area (TPSA) is 166 Å². The number of ether oxygens (including phenoxy) is 2. The van der Waals surface area contributed by atoms with E-state index < -0.39 is 53.1 Å². The molecule has 0 spiro atoms. The second kappa shape index (κ2) is 12.1. The average molecular weight is 457 g/mol. The highest BCUT2D eigenvalue weighted by molar-refractivity contribution is 5.96. The first-order valence-corrected chi connectivity index (χ1v) is 10.2. The number of carbonyl (C=O) groups is 5. The van der Waals surface area contributed by atoms with Crippen LogP contribution in [0, 0.1) is 5.92 Å². The Morgan fingerprint density at radius 1 is 0.875 bits per heavy atom. The molecule has 0 saturated heterocycles. The van der Waals surface area contributed by atoms with E-state index in [4.69, 9.17) is 15.2 Å².